The fraction of sp³-hybridized carbons (Fsp3) is 0.545. The Labute approximate surface area is 185 Å². The fourth-order valence-electron chi connectivity index (χ4n) is 4.44. The fourth-order valence-corrected chi connectivity index (χ4v) is 5.57. The largest absolute Gasteiger partial charge is 0.493 e. The molecule has 4 rings (SSSR count). The number of fused-ring (bicyclic) bond motifs is 1. The molecule has 0 saturated carbocycles. The molecule has 31 heavy (non-hydrogen) atoms. The minimum atomic E-state index is -0.278. The van der Waals surface area contributed by atoms with Gasteiger partial charge >= 0.3 is 0 Å². The summed E-state index contributed by atoms with van der Waals surface area (Å²) in [5, 5.41) is 3.67. The molecule has 2 aliphatic rings. The Morgan fingerprint density at radius 1 is 1.19 bits per heavy atom. The lowest BCUT2D eigenvalue weighted by Crippen LogP contribution is -2.35. The standard InChI is InChI=1S/C22H29N3O5S/c1-12-23-20-16(21(26)24-25(20)13-9-10-30-22(2,3)11-13)19(31-12)14-7-8-15(27-4)18(29-6)17(14)28-5/h7-8,13,19H,9-11H2,1-6H3,(H,24,26)/t13-,19+/m0/s1. The molecule has 0 radical (unpaired) electrons. The summed E-state index contributed by atoms with van der Waals surface area (Å²) in [5.41, 5.74) is 1.09. The quantitative estimate of drug-likeness (QED) is 0.739. The van der Waals surface area contributed by atoms with Gasteiger partial charge < -0.3 is 18.9 Å². The SMILES string of the molecule is COc1ccc([C@H]2SC(C)=Nc3c2c(=O)[nH]n3[C@H]2CCOC(C)(C)C2)c(OC)c1OC. The molecule has 2 aromatic rings. The van der Waals surface area contributed by atoms with Crippen LogP contribution < -0.4 is 19.8 Å². The van der Waals surface area contributed by atoms with Gasteiger partial charge in [0.2, 0.25) is 5.75 Å². The highest BCUT2D eigenvalue weighted by Gasteiger charge is 2.37. The number of thioether (sulfide) groups is 1. The molecule has 1 aromatic carbocycles. The average Bonchev–Trinajstić information content (AvgIpc) is 3.07. The summed E-state index contributed by atoms with van der Waals surface area (Å²) in [7, 11) is 4.75. The average molecular weight is 448 g/mol. The van der Waals surface area contributed by atoms with E-state index in [4.69, 9.17) is 23.9 Å². The van der Waals surface area contributed by atoms with Gasteiger partial charge in [-0.3, -0.25) is 14.6 Å². The van der Waals surface area contributed by atoms with E-state index >= 15 is 0 Å². The summed E-state index contributed by atoms with van der Waals surface area (Å²) >= 11 is 1.53. The topological polar surface area (TPSA) is 87.1 Å². The first-order valence-electron chi connectivity index (χ1n) is 10.3. The zero-order valence-corrected chi connectivity index (χ0v) is 19.6. The molecular weight excluding hydrogens is 418 g/mol. The lowest BCUT2D eigenvalue weighted by Gasteiger charge is -2.36. The van der Waals surface area contributed by atoms with E-state index in [9.17, 15) is 4.79 Å². The van der Waals surface area contributed by atoms with E-state index in [1.165, 1.54) is 11.8 Å². The second kappa shape index (κ2) is 8.27. The monoisotopic (exact) mass is 447 g/mol. The minimum Gasteiger partial charge on any atom is -0.493 e. The molecule has 2 atom stereocenters. The highest BCUT2D eigenvalue weighted by molar-refractivity contribution is 8.14. The minimum absolute atomic E-state index is 0.118. The predicted octanol–water partition coefficient (Wildman–Crippen LogP) is 4.22. The van der Waals surface area contributed by atoms with Crippen LogP contribution in [0.5, 0.6) is 17.2 Å². The third-order valence-corrected chi connectivity index (χ3v) is 6.96. The van der Waals surface area contributed by atoms with E-state index in [1.807, 2.05) is 23.7 Å². The lowest BCUT2D eigenvalue weighted by atomic mass is 9.94. The van der Waals surface area contributed by atoms with Gasteiger partial charge in [0.25, 0.3) is 5.56 Å². The van der Waals surface area contributed by atoms with Crippen molar-refractivity contribution in [2.24, 2.45) is 4.99 Å². The van der Waals surface area contributed by atoms with Crippen LogP contribution in [-0.4, -0.2) is 48.4 Å². The Bertz CT molecular complexity index is 1070. The van der Waals surface area contributed by atoms with Gasteiger partial charge in [-0.1, -0.05) is 11.8 Å². The van der Waals surface area contributed by atoms with Crippen LogP contribution in [-0.2, 0) is 4.74 Å². The predicted molar refractivity (Wildman–Crippen MR) is 122 cm³/mol. The molecule has 1 N–H and O–H groups in total. The number of ether oxygens (including phenoxy) is 4. The van der Waals surface area contributed by atoms with E-state index in [-0.39, 0.29) is 22.5 Å². The van der Waals surface area contributed by atoms with Gasteiger partial charge in [0, 0.05) is 12.2 Å². The summed E-state index contributed by atoms with van der Waals surface area (Å²) in [6.45, 7) is 6.77. The maximum Gasteiger partial charge on any atom is 0.271 e. The lowest BCUT2D eigenvalue weighted by molar-refractivity contribution is -0.0705. The Balaban J connectivity index is 1.85. The van der Waals surface area contributed by atoms with Crippen molar-refractivity contribution in [3.63, 3.8) is 0 Å². The van der Waals surface area contributed by atoms with Crippen molar-refractivity contribution < 1.29 is 18.9 Å². The maximum atomic E-state index is 13.2. The van der Waals surface area contributed by atoms with Crippen molar-refractivity contribution in [2.45, 2.75) is 50.5 Å². The van der Waals surface area contributed by atoms with Crippen LogP contribution in [0.4, 0.5) is 5.82 Å². The second-order valence-electron chi connectivity index (χ2n) is 8.36. The number of H-pyrrole nitrogens is 1. The molecule has 3 heterocycles. The van der Waals surface area contributed by atoms with E-state index < -0.39 is 0 Å². The summed E-state index contributed by atoms with van der Waals surface area (Å²) in [4.78, 5) is 17.9. The van der Waals surface area contributed by atoms with Crippen molar-refractivity contribution in [2.75, 3.05) is 27.9 Å². The van der Waals surface area contributed by atoms with Crippen molar-refractivity contribution >= 4 is 22.6 Å². The number of rotatable bonds is 5. The number of aliphatic imine (C=N–C) groups is 1. The number of methoxy groups -OCH3 is 3. The Morgan fingerprint density at radius 2 is 1.94 bits per heavy atom. The summed E-state index contributed by atoms with van der Waals surface area (Å²) in [6.07, 6.45) is 1.63. The van der Waals surface area contributed by atoms with E-state index in [0.29, 0.717) is 35.2 Å². The summed E-state index contributed by atoms with van der Waals surface area (Å²) in [6, 6.07) is 3.88. The zero-order valence-electron chi connectivity index (χ0n) is 18.8. The van der Waals surface area contributed by atoms with Gasteiger partial charge in [-0.15, -0.1) is 0 Å². The molecule has 9 heteroatoms. The molecule has 0 amide bonds. The third-order valence-electron chi connectivity index (χ3n) is 5.80. The van der Waals surface area contributed by atoms with E-state index in [1.54, 1.807) is 21.3 Å². The van der Waals surface area contributed by atoms with Crippen molar-refractivity contribution in [1.82, 2.24) is 9.78 Å². The van der Waals surface area contributed by atoms with Crippen LogP contribution in [0, 0.1) is 0 Å². The highest BCUT2D eigenvalue weighted by Crippen LogP contribution is 2.51. The first kappa shape index (κ1) is 21.8. The molecule has 0 bridgehead atoms. The molecule has 1 saturated heterocycles. The van der Waals surface area contributed by atoms with Crippen molar-refractivity contribution in [3.05, 3.63) is 33.6 Å². The molecular formula is C22H29N3O5S. The molecule has 8 nitrogen and oxygen atoms in total. The summed E-state index contributed by atoms with van der Waals surface area (Å²) < 4.78 is 24.5. The molecule has 1 fully saturated rings. The molecule has 2 aliphatic heterocycles. The molecule has 0 spiro atoms. The third kappa shape index (κ3) is 3.85. The smallest absolute Gasteiger partial charge is 0.271 e. The van der Waals surface area contributed by atoms with Gasteiger partial charge in [0.05, 0.1) is 48.8 Å². The van der Waals surface area contributed by atoms with Gasteiger partial charge in [-0.25, -0.2) is 4.99 Å². The van der Waals surface area contributed by atoms with Crippen LogP contribution in [0.2, 0.25) is 0 Å². The van der Waals surface area contributed by atoms with Crippen LogP contribution >= 0.6 is 11.8 Å². The van der Waals surface area contributed by atoms with Crippen molar-refractivity contribution in [1.29, 1.82) is 0 Å². The molecule has 0 aliphatic carbocycles. The maximum absolute atomic E-state index is 13.2. The summed E-state index contributed by atoms with van der Waals surface area (Å²) in [5.74, 6) is 2.32. The number of aromatic amines is 1. The van der Waals surface area contributed by atoms with Crippen LogP contribution in [0.1, 0.15) is 56.0 Å². The molecule has 168 valence electrons. The number of hydrogen-bond acceptors (Lipinski definition) is 7. The Morgan fingerprint density at radius 3 is 2.58 bits per heavy atom. The number of benzene rings is 1. The normalized spacial score (nSPS) is 22.5. The van der Waals surface area contributed by atoms with Crippen molar-refractivity contribution in [3.8, 4) is 17.2 Å². The first-order chi connectivity index (χ1) is 14.8. The van der Waals surface area contributed by atoms with Gasteiger partial charge in [-0.2, -0.15) is 0 Å². The Hall–Kier alpha value is -2.39. The highest BCUT2D eigenvalue weighted by atomic mass is 32.2. The van der Waals surface area contributed by atoms with Crippen LogP contribution in [0.3, 0.4) is 0 Å². The van der Waals surface area contributed by atoms with Gasteiger partial charge in [0.15, 0.2) is 17.3 Å². The second-order valence-corrected chi connectivity index (χ2v) is 9.65. The number of aromatic nitrogens is 2. The Kier molecular flexibility index (Phi) is 5.83. The van der Waals surface area contributed by atoms with Gasteiger partial charge in [-0.05, 0) is 45.7 Å². The number of nitrogens with one attached hydrogen (secondary N) is 1. The molecule has 1 aromatic heterocycles. The van der Waals surface area contributed by atoms with Gasteiger partial charge in [0.1, 0.15) is 0 Å². The molecule has 0 unspecified atom stereocenters. The van der Waals surface area contributed by atoms with E-state index in [0.717, 1.165) is 23.4 Å². The zero-order chi connectivity index (χ0) is 22.3. The van der Waals surface area contributed by atoms with E-state index in [2.05, 4.69) is 18.9 Å². The first-order valence-corrected chi connectivity index (χ1v) is 11.2. The number of hydrogen-bond donors (Lipinski definition) is 1. The van der Waals surface area contributed by atoms with Crippen LogP contribution in [0.15, 0.2) is 21.9 Å². The van der Waals surface area contributed by atoms with Crippen LogP contribution in [0.25, 0.3) is 0 Å². The number of nitrogens with zero attached hydrogens (tertiary/aromatic N) is 2.